The summed E-state index contributed by atoms with van der Waals surface area (Å²) in [4.78, 5) is 6.96. The van der Waals surface area contributed by atoms with Crippen LogP contribution in [0.3, 0.4) is 0 Å². The summed E-state index contributed by atoms with van der Waals surface area (Å²) in [5, 5.41) is 2.18. The first-order valence-corrected chi connectivity index (χ1v) is 7.34. The zero-order valence-corrected chi connectivity index (χ0v) is 13.3. The molecule has 3 N–H and O–H groups in total. The van der Waals surface area contributed by atoms with Crippen LogP contribution in [0.15, 0.2) is 29.1 Å². The number of halogens is 4. The smallest absolute Gasteiger partial charge is 0.419 e. The van der Waals surface area contributed by atoms with Gasteiger partial charge in [0.15, 0.2) is 0 Å². The second-order valence-electron chi connectivity index (χ2n) is 4.70. The van der Waals surface area contributed by atoms with Crippen LogP contribution in [-0.2, 0) is 19.3 Å². The Morgan fingerprint density at radius 2 is 2.04 bits per heavy atom. The van der Waals surface area contributed by atoms with Gasteiger partial charge in [0, 0.05) is 34.6 Å². The van der Waals surface area contributed by atoms with Gasteiger partial charge >= 0.3 is 6.18 Å². The van der Waals surface area contributed by atoms with Crippen molar-refractivity contribution in [2.45, 2.75) is 19.3 Å². The lowest BCUT2D eigenvalue weighted by Gasteiger charge is -2.13. The highest BCUT2D eigenvalue weighted by Crippen LogP contribution is 2.39. The van der Waals surface area contributed by atoms with Gasteiger partial charge in [-0.05, 0) is 12.1 Å². The molecule has 0 unspecified atom stereocenters. The SMILES string of the molecule is Cl.NCc1cc2cc(C(F)(F)F)c(OCc3cscn3)cc2[nH]1. The van der Waals surface area contributed by atoms with Crippen molar-refractivity contribution >= 4 is 34.6 Å². The fourth-order valence-electron chi connectivity index (χ4n) is 2.13. The van der Waals surface area contributed by atoms with E-state index in [-0.39, 0.29) is 31.3 Å². The number of fused-ring (bicyclic) bond motifs is 1. The first kappa shape index (κ1) is 17.6. The second kappa shape index (κ2) is 6.77. The van der Waals surface area contributed by atoms with Crippen LogP contribution < -0.4 is 10.5 Å². The summed E-state index contributed by atoms with van der Waals surface area (Å²) >= 11 is 1.36. The molecule has 2 aromatic heterocycles. The first-order chi connectivity index (χ1) is 10.5. The molecular weight excluding hydrogens is 351 g/mol. The average Bonchev–Trinajstić information content (AvgIpc) is 3.11. The van der Waals surface area contributed by atoms with Gasteiger partial charge in [0.2, 0.25) is 0 Å². The summed E-state index contributed by atoms with van der Waals surface area (Å²) in [7, 11) is 0. The van der Waals surface area contributed by atoms with Crippen molar-refractivity contribution in [3.63, 3.8) is 0 Å². The zero-order chi connectivity index (χ0) is 15.7. The average molecular weight is 364 g/mol. The lowest BCUT2D eigenvalue weighted by atomic mass is 10.1. The summed E-state index contributed by atoms with van der Waals surface area (Å²) in [6.45, 7) is 0.216. The Kier molecular flexibility index (Phi) is 5.18. The highest BCUT2D eigenvalue weighted by atomic mass is 35.5. The molecule has 124 valence electrons. The van der Waals surface area contributed by atoms with Crippen molar-refractivity contribution in [3.05, 3.63) is 46.0 Å². The maximum atomic E-state index is 13.2. The maximum Gasteiger partial charge on any atom is 0.419 e. The lowest BCUT2D eigenvalue weighted by Crippen LogP contribution is -2.09. The Morgan fingerprint density at radius 1 is 1.26 bits per heavy atom. The molecule has 1 aromatic carbocycles. The van der Waals surface area contributed by atoms with E-state index in [4.69, 9.17) is 10.5 Å². The first-order valence-electron chi connectivity index (χ1n) is 6.40. The maximum absolute atomic E-state index is 13.2. The summed E-state index contributed by atoms with van der Waals surface area (Å²) in [6, 6.07) is 4.03. The number of benzene rings is 1. The monoisotopic (exact) mass is 363 g/mol. The Hall–Kier alpha value is -1.77. The van der Waals surface area contributed by atoms with Gasteiger partial charge in [-0.2, -0.15) is 13.2 Å². The molecule has 2 heterocycles. The van der Waals surface area contributed by atoms with Crippen LogP contribution in [0, 0.1) is 0 Å². The Labute approximate surface area is 139 Å². The normalized spacial score (nSPS) is 11.5. The summed E-state index contributed by atoms with van der Waals surface area (Å²) in [5.74, 6) is -0.224. The molecule has 0 atom stereocenters. The number of thiazole rings is 1. The minimum absolute atomic E-state index is 0. The predicted octanol–water partition coefficient (Wildman–Crippen LogP) is 4.10. The van der Waals surface area contributed by atoms with E-state index in [1.165, 1.54) is 17.4 Å². The topological polar surface area (TPSA) is 63.9 Å². The standard InChI is InChI=1S/C14H12F3N3OS.ClH/c15-14(16,17)11-2-8-1-9(4-18)20-12(8)3-13(11)21-5-10-6-22-7-19-10;/h1-3,6-7,20H,4-5,18H2;1H. The number of hydrogen-bond acceptors (Lipinski definition) is 4. The van der Waals surface area contributed by atoms with E-state index in [0.717, 1.165) is 6.07 Å². The number of H-pyrrole nitrogens is 1. The summed E-state index contributed by atoms with van der Waals surface area (Å²) < 4.78 is 44.9. The minimum atomic E-state index is -4.49. The number of alkyl halides is 3. The van der Waals surface area contributed by atoms with Gasteiger partial charge in [-0.15, -0.1) is 23.7 Å². The van der Waals surface area contributed by atoms with Crippen LogP contribution in [0.5, 0.6) is 5.75 Å². The number of hydrogen-bond donors (Lipinski definition) is 2. The largest absolute Gasteiger partial charge is 0.487 e. The van der Waals surface area contributed by atoms with E-state index < -0.39 is 11.7 Å². The Morgan fingerprint density at radius 3 is 2.65 bits per heavy atom. The van der Waals surface area contributed by atoms with Crippen LogP contribution in [0.4, 0.5) is 13.2 Å². The van der Waals surface area contributed by atoms with E-state index in [0.29, 0.717) is 22.3 Å². The van der Waals surface area contributed by atoms with E-state index in [9.17, 15) is 13.2 Å². The molecule has 0 amide bonds. The number of aromatic amines is 1. The van der Waals surface area contributed by atoms with E-state index in [2.05, 4.69) is 9.97 Å². The second-order valence-corrected chi connectivity index (χ2v) is 5.42. The van der Waals surface area contributed by atoms with Gasteiger partial charge in [-0.25, -0.2) is 4.98 Å². The Bertz CT molecular complexity index is 787. The molecule has 0 spiro atoms. The fraction of sp³-hybridized carbons (Fsp3) is 0.214. The van der Waals surface area contributed by atoms with Gasteiger partial charge in [0.25, 0.3) is 0 Å². The molecule has 9 heteroatoms. The third-order valence-corrected chi connectivity index (χ3v) is 3.80. The summed E-state index contributed by atoms with van der Waals surface area (Å²) in [5.41, 5.74) is 8.11. The quantitative estimate of drug-likeness (QED) is 0.733. The number of nitrogens with zero attached hydrogens (tertiary/aromatic N) is 1. The Balaban J connectivity index is 0.00000192. The number of aromatic nitrogens is 2. The summed E-state index contributed by atoms with van der Waals surface area (Å²) in [6.07, 6.45) is -4.49. The van der Waals surface area contributed by atoms with Gasteiger partial charge in [-0.1, -0.05) is 0 Å². The van der Waals surface area contributed by atoms with Crippen LogP contribution in [-0.4, -0.2) is 9.97 Å². The molecule has 23 heavy (non-hydrogen) atoms. The number of nitrogens with two attached hydrogens (primary N) is 1. The van der Waals surface area contributed by atoms with Gasteiger partial charge < -0.3 is 15.5 Å². The molecule has 0 radical (unpaired) electrons. The molecule has 0 bridgehead atoms. The van der Waals surface area contributed by atoms with Gasteiger partial charge in [0.1, 0.15) is 12.4 Å². The fourth-order valence-corrected chi connectivity index (χ4v) is 2.68. The molecule has 0 aliphatic heterocycles. The molecule has 0 saturated heterocycles. The van der Waals surface area contributed by atoms with Crippen molar-refractivity contribution in [2.24, 2.45) is 5.73 Å². The van der Waals surface area contributed by atoms with Gasteiger partial charge in [0.05, 0.1) is 16.8 Å². The van der Waals surface area contributed by atoms with Crippen molar-refractivity contribution in [2.75, 3.05) is 0 Å². The highest BCUT2D eigenvalue weighted by Gasteiger charge is 2.35. The van der Waals surface area contributed by atoms with Crippen molar-refractivity contribution < 1.29 is 17.9 Å². The highest BCUT2D eigenvalue weighted by molar-refractivity contribution is 7.07. The van der Waals surface area contributed by atoms with Crippen LogP contribution >= 0.6 is 23.7 Å². The zero-order valence-electron chi connectivity index (χ0n) is 11.7. The van der Waals surface area contributed by atoms with Crippen LogP contribution in [0.2, 0.25) is 0 Å². The third kappa shape index (κ3) is 3.77. The van der Waals surface area contributed by atoms with Crippen molar-refractivity contribution in [3.8, 4) is 5.75 Å². The van der Waals surface area contributed by atoms with Crippen LogP contribution in [0.1, 0.15) is 17.0 Å². The van der Waals surface area contributed by atoms with Crippen molar-refractivity contribution in [1.82, 2.24) is 9.97 Å². The molecule has 0 saturated carbocycles. The van der Waals surface area contributed by atoms with E-state index in [1.807, 2.05) is 0 Å². The lowest BCUT2D eigenvalue weighted by molar-refractivity contribution is -0.138. The molecule has 4 nitrogen and oxygen atoms in total. The number of ether oxygens (including phenoxy) is 1. The van der Waals surface area contributed by atoms with Crippen LogP contribution in [0.25, 0.3) is 10.9 Å². The van der Waals surface area contributed by atoms with Gasteiger partial charge in [-0.3, -0.25) is 0 Å². The third-order valence-electron chi connectivity index (χ3n) is 3.16. The number of nitrogens with one attached hydrogen (secondary N) is 1. The molecule has 0 aliphatic carbocycles. The molecule has 3 rings (SSSR count). The number of rotatable bonds is 4. The molecule has 0 fully saturated rings. The van der Waals surface area contributed by atoms with Crippen molar-refractivity contribution in [1.29, 1.82) is 0 Å². The van der Waals surface area contributed by atoms with E-state index in [1.54, 1.807) is 17.0 Å². The molecule has 3 aromatic rings. The van der Waals surface area contributed by atoms with E-state index >= 15 is 0 Å². The molecular formula is C14H13ClF3N3OS. The molecule has 0 aliphatic rings. The minimum Gasteiger partial charge on any atom is -0.487 e. The predicted molar refractivity (Wildman–Crippen MR) is 84.9 cm³/mol.